The van der Waals surface area contributed by atoms with E-state index >= 15 is 0 Å². The lowest BCUT2D eigenvalue weighted by Crippen LogP contribution is -2.43. The molecule has 0 saturated carbocycles. The molecule has 2 fully saturated rings. The Morgan fingerprint density at radius 1 is 0.778 bits per heavy atom. The number of nitrogens with zero attached hydrogens (tertiary/aromatic N) is 5. The first-order chi connectivity index (χ1) is 21.6. The van der Waals surface area contributed by atoms with Crippen molar-refractivity contribution in [2.75, 3.05) is 26.2 Å². The van der Waals surface area contributed by atoms with Gasteiger partial charge in [0.2, 0.25) is 0 Å². The van der Waals surface area contributed by atoms with E-state index in [4.69, 9.17) is 4.74 Å². The second kappa shape index (κ2) is 13.9. The highest BCUT2D eigenvalue weighted by atomic mass is 16.6. The van der Waals surface area contributed by atoms with Crippen LogP contribution in [-0.4, -0.2) is 72.1 Å². The number of rotatable bonds is 4. The summed E-state index contributed by atoms with van der Waals surface area (Å²) >= 11 is 0. The molecule has 12 nitrogen and oxygen atoms in total. The van der Waals surface area contributed by atoms with E-state index in [1.54, 1.807) is 50.4 Å². The van der Waals surface area contributed by atoms with Gasteiger partial charge in [-0.25, -0.2) is 14.8 Å². The molecule has 240 valence electrons. The van der Waals surface area contributed by atoms with Crippen LogP contribution in [0.5, 0.6) is 0 Å². The Balaban J connectivity index is 0.000000186. The summed E-state index contributed by atoms with van der Waals surface area (Å²) in [4.78, 5) is 47.4. The molecule has 45 heavy (non-hydrogen) atoms. The van der Waals surface area contributed by atoms with Crippen LogP contribution in [0.1, 0.15) is 69.9 Å². The van der Waals surface area contributed by atoms with E-state index in [2.05, 4.69) is 15.3 Å². The molecule has 0 radical (unpaired) electrons. The molecular formula is C33H42N6O6. The minimum atomic E-state index is -0.523. The third kappa shape index (κ3) is 7.58. The van der Waals surface area contributed by atoms with Gasteiger partial charge >= 0.3 is 6.09 Å². The molecule has 0 aromatic carbocycles. The molecule has 4 aromatic heterocycles. The zero-order valence-corrected chi connectivity index (χ0v) is 26.1. The van der Waals surface area contributed by atoms with E-state index in [1.165, 1.54) is 0 Å². The van der Waals surface area contributed by atoms with E-state index in [1.807, 2.05) is 32.9 Å². The fourth-order valence-electron chi connectivity index (χ4n) is 5.91. The number of amides is 1. The van der Waals surface area contributed by atoms with Crippen LogP contribution in [-0.2, 0) is 18.0 Å². The highest BCUT2D eigenvalue weighted by molar-refractivity contribution is 5.76. The van der Waals surface area contributed by atoms with Crippen molar-refractivity contribution in [1.29, 1.82) is 0 Å². The molecule has 6 heterocycles. The zero-order valence-electron chi connectivity index (χ0n) is 26.1. The smallest absolute Gasteiger partial charge is 0.410 e. The Hall–Kier alpha value is -4.13. The number of hydrogen-bond donors (Lipinski definition) is 3. The maximum atomic E-state index is 12.5. The fourth-order valence-corrected chi connectivity index (χ4v) is 5.91. The van der Waals surface area contributed by atoms with Gasteiger partial charge in [-0.15, -0.1) is 0 Å². The number of pyridine rings is 4. The quantitative estimate of drug-likeness (QED) is 0.313. The second-order valence-corrected chi connectivity index (χ2v) is 12.5. The van der Waals surface area contributed by atoms with Crippen LogP contribution in [0.25, 0.3) is 22.1 Å². The SMILES string of the molecule is CC(C)(C)OC(=O)N1CCC(n2c(=O)ccc3ccc(CO)nc32)CC1.O=c1ccc2ccc(CO)nc2n1C1CCNCC1. The number of ether oxygens (including phenoxy) is 1. The van der Waals surface area contributed by atoms with Gasteiger partial charge in [0, 0.05) is 48.1 Å². The third-order valence-electron chi connectivity index (χ3n) is 8.15. The Kier molecular flexibility index (Phi) is 9.96. The van der Waals surface area contributed by atoms with Gasteiger partial charge in [-0.1, -0.05) is 0 Å². The molecule has 2 aliphatic rings. The molecule has 2 saturated heterocycles. The van der Waals surface area contributed by atoms with Gasteiger partial charge in [0.25, 0.3) is 11.1 Å². The predicted molar refractivity (Wildman–Crippen MR) is 171 cm³/mol. The molecule has 0 unspecified atom stereocenters. The summed E-state index contributed by atoms with van der Waals surface area (Å²) in [7, 11) is 0. The summed E-state index contributed by atoms with van der Waals surface area (Å²) in [6.07, 6.45) is 2.86. The average Bonchev–Trinajstić information content (AvgIpc) is 3.04. The first kappa shape index (κ1) is 32.3. The van der Waals surface area contributed by atoms with Crippen LogP contribution in [0.2, 0.25) is 0 Å². The number of nitrogens with one attached hydrogen (secondary N) is 1. The number of likely N-dealkylation sites (tertiary alicyclic amines) is 1. The normalized spacial score (nSPS) is 16.4. The van der Waals surface area contributed by atoms with Crippen LogP contribution in [0.15, 0.2) is 58.1 Å². The molecule has 1 amide bonds. The molecule has 2 aliphatic heterocycles. The van der Waals surface area contributed by atoms with Crippen molar-refractivity contribution in [2.24, 2.45) is 0 Å². The zero-order chi connectivity index (χ0) is 32.1. The van der Waals surface area contributed by atoms with Gasteiger partial charge in [-0.3, -0.25) is 18.7 Å². The van der Waals surface area contributed by atoms with Gasteiger partial charge < -0.3 is 25.2 Å². The number of carbonyl (C=O) groups excluding carboxylic acids is 1. The first-order valence-corrected chi connectivity index (χ1v) is 15.5. The largest absolute Gasteiger partial charge is 0.444 e. The van der Waals surface area contributed by atoms with E-state index in [9.17, 15) is 24.6 Å². The van der Waals surface area contributed by atoms with Crippen LogP contribution >= 0.6 is 0 Å². The van der Waals surface area contributed by atoms with E-state index in [0.29, 0.717) is 48.6 Å². The van der Waals surface area contributed by atoms with Crippen molar-refractivity contribution in [3.05, 3.63) is 80.6 Å². The maximum Gasteiger partial charge on any atom is 0.410 e. The van der Waals surface area contributed by atoms with E-state index in [-0.39, 0.29) is 42.5 Å². The van der Waals surface area contributed by atoms with Crippen LogP contribution in [0, 0.1) is 0 Å². The van der Waals surface area contributed by atoms with Gasteiger partial charge in [-0.2, -0.15) is 0 Å². The summed E-state index contributed by atoms with van der Waals surface area (Å²) in [6, 6.07) is 14.2. The Labute approximate surface area is 261 Å². The summed E-state index contributed by atoms with van der Waals surface area (Å²) in [5.41, 5.74) is 1.75. The lowest BCUT2D eigenvalue weighted by Gasteiger charge is -2.34. The molecular weight excluding hydrogens is 576 g/mol. The number of aliphatic hydroxyl groups is 2. The van der Waals surface area contributed by atoms with E-state index in [0.717, 1.165) is 36.7 Å². The van der Waals surface area contributed by atoms with E-state index < -0.39 is 5.60 Å². The van der Waals surface area contributed by atoms with Crippen LogP contribution in [0.3, 0.4) is 0 Å². The van der Waals surface area contributed by atoms with Crippen LogP contribution in [0.4, 0.5) is 4.79 Å². The molecule has 3 N–H and O–H groups in total. The minimum absolute atomic E-state index is 0.0120. The number of aliphatic hydroxyl groups excluding tert-OH is 2. The molecule has 0 spiro atoms. The average molecular weight is 619 g/mol. The molecule has 0 aliphatic carbocycles. The Morgan fingerprint density at radius 3 is 1.67 bits per heavy atom. The van der Waals surface area contributed by atoms with Crippen LogP contribution < -0.4 is 16.4 Å². The minimum Gasteiger partial charge on any atom is -0.444 e. The Morgan fingerprint density at radius 2 is 1.22 bits per heavy atom. The summed E-state index contributed by atoms with van der Waals surface area (Å²) in [6.45, 7) is 8.17. The predicted octanol–water partition coefficient (Wildman–Crippen LogP) is 3.27. The van der Waals surface area contributed by atoms with Crippen molar-refractivity contribution < 1.29 is 19.7 Å². The molecule has 0 atom stereocenters. The summed E-state index contributed by atoms with van der Waals surface area (Å²) < 4.78 is 8.90. The Bertz CT molecular complexity index is 1760. The van der Waals surface area contributed by atoms with Crippen molar-refractivity contribution in [3.63, 3.8) is 0 Å². The van der Waals surface area contributed by atoms with Gasteiger partial charge in [0.15, 0.2) is 0 Å². The third-order valence-corrected chi connectivity index (χ3v) is 8.15. The molecule has 0 bridgehead atoms. The van der Waals surface area contributed by atoms with Gasteiger partial charge in [0.05, 0.1) is 24.6 Å². The van der Waals surface area contributed by atoms with Crippen molar-refractivity contribution in [3.8, 4) is 0 Å². The number of aromatic nitrogens is 4. The highest BCUT2D eigenvalue weighted by Crippen LogP contribution is 2.26. The van der Waals surface area contributed by atoms with Gasteiger partial charge in [-0.05, 0) is 95.9 Å². The lowest BCUT2D eigenvalue weighted by molar-refractivity contribution is 0.0188. The number of piperidine rings is 2. The maximum absolute atomic E-state index is 12.5. The molecule has 4 aromatic rings. The number of fused-ring (bicyclic) bond motifs is 2. The van der Waals surface area contributed by atoms with Crippen molar-refractivity contribution >= 4 is 28.2 Å². The fraction of sp³-hybridized carbons (Fsp3) is 0.485. The molecule has 6 rings (SSSR count). The lowest BCUT2D eigenvalue weighted by atomic mass is 10.0. The molecule has 12 heteroatoms. The van der Waals surface area contributed by atoms with Crippen molar-refractivity contribution in [2.45, 2.75) is 77.4 Å². The van der Waals surface area contributed by atoms with Gasteiger partial charge in [0.1, 0.15) is 16.9 Å². The topological polar surface area (TPSA) is 152 Å². The summed E-state index contributed by atoms with van der Waals surface area (Å²) in [5.74, 6) is 0. The number of carbonyl (C=O) groups is 1. The number of hydrogen-bond acceptors (Lipinski definition) is 9. The van der Waals surface area contributed by atoms with Crippen molar-refractivity contribution in [1.82, 2.24) is 29.3 Å². The highest BCUT2D eigenvalue weighted by Gasteiger charge is 2.28. The first-order valence-electron chi connectivity index (χ1n) is 15.5. The monoisotopic (exact) mass is 618 g/mol. The summed E-state index contributed by atoms with van der Waals surface area (Å²) in [5, 5.41) is 23.7. The second-order valence-electron chi connectivity index (χ2n) is 12.5. The standard InChI is InChI=1S/C19H25N3O4.C14H17N3O2/c1-19(2,3)26-18(25)21-10-8-15(9-11-21)22-16(24)7-5-13-4-6-14(12-23)20-17(13)22;18-9-11-3-1-10-2-4-13(19)17(14(10)16-11)12-5-7-15-8-6-12/h4-7,15,23H,8-12H2,1-3H3;1-4,12,15,18H,5-9H2.